The first-order valence-corrected chi connectivity index (χ1v) is 10.2. The van der Waals surface area contributed by atoms with Crippen molar-refractivity contribution in [2.45, 2.75) is 19.9 Å². The molecule has 30 heavy (non-hydrogen) atoms. The molecule has 3 aromatic rings. The third-order valence-electron chi connectivity index (χ3n) is 4.72. The van der Waals surface area contributed by atoms with Crippen molar-refractivity contribution in [2.75, 3.05) is 11.5 Å². The van der Waals surface area contributed by atoms with Gasteiger partial charge in [0.15, 0.2) is 0 Å². The molecule has 0 bridgehead atoms. The Morgan fingerprint density at radius 2 is 1.80 bits per heavy atom. The van der Waals surface area contributed by atoms with Crippen LogP contribution in [0.5, 0.6) is 5.75 Å². The maximum atomic E-state index is 13.0. The highest BCUT2D eigenvalue weighted by atomic mass is 32.1. The van der Waals surface area contributed by atoms with Crippen LogP contribution in [0.2, 0.25) is 0 Å². The monoisotopic (exact) mass is 421 g/mol. The Labute approximate surface area is 177 Å². The third-order valence-corrected chi connectivity index (χ3v) is 5.56. The number of nitrogens with zero attached hydrogens (tertiary/aromatic N) is 3. The second-order valence-electron chi connectivity index (χ2n) is 6.64. The summed E-state index contributed by atoms with van der Waals surface area (Å²) < 4.78 is 5.43. The van der Waals surface area contributed by atoms with Crippen LogP contribution in [0.1, 0.15) is 29.1 Å². The Hall–Kier alpha value is -3.52. The maximum Gasteiger partial charge on any atom is 0.301 e. The standard InChI is InChI=1S/C22H19N3O4S/c1-3-29-16-11-9-15(10-12-16)19(26)17-18(14-7-5-4-6-8-14)25(21(28)20(17)27)22-24-23-13(2)30-22/h4-12,18,26H,3H2,1-2H3. The number of aromatic nitrogens is 2. The molecule has 7 nitrogen and oxygen atoms in total. The fourth-order valence-corrected chi connectivity index (χ4v) is 4.11. The molecule has 152 valence electrons. The van der Waals surface area contributed by atoms with E-state index in [2.05, 4.69) is 10.2 Å². The lowest BCUT2D eigenvalue weighted by molar-refractivity contribution is -0.132. The highest BCUT2D eigenvalue weighted by Gasteiger charge is 2.48. The van der Waals surface area contributed by atoms with Crippen LogP contribution in [0.15, 0.2) is 60.2 Å². The number of ether oxygens (including phenoxy) is 1. The molecule has 0 aliphatic carbocycles. The lowest BCUT2D eigenvalue weighted by Gasteiger charge is -2.22. The van der Waals surface area contributed by atoms with Gasteiger partial charge in [0.05, 0.1) is 18.2 Å². The van der Waals surface area contributed by atoms with Gasteiger partial charge >= 0.3 is 5.91 Å². The predicted octanol–water partition coefficient (Wildman–Crippen LogP) is 3.87. The summed E-state index contributed by atoms with van der Waals surface area (Å²) in [5, 5.41) is 20.1. The molecule has 1 N–H and O–H groups in total. The zero-order valence-corrected chi connectivity index (χ0v) is 17.2. The molecule has 2 aromatic carbocycles. The minimum Gasteiger partial charge on any atom is -0.507 e. The largest absolute Gasteiger partial charge is 0.507 e. The number of carbonyl (C=O) groups is 2. The first-order chi connectivity index (χ1) is 14.5. The minimum atomic E-state index is -0.801. The summed E-state index contributed by atoms with van der Waals surface area (Å²) in [4.78, 5) is 27.2. The highest BCUT2D eigenvalue weighted by Crippen LogP contribution is 2.42. The highest BCUT2D eigenvalue weighted by molar-refractivity contribution is 7.15. The van der Waals surface area contributed by atoms with Crippen molar-refractivity contribution < 1.29 is 19.4 Å². The molecular weight excluding hydrogens is 402 g/mol. The van der Waals surface area contributed by atoms with Crippen molar-refractivity contribution in [3.8, 4) is 5.75 Å². The van der Waals surface area contributed by atoms with Crippen molar-refractivity contribution in [2.24, 2.45) is 0 Å². The molecule has 2 heterocycles. The molecule has 1 unspecified atom stereocenters. The molecule has 1 amide bonds. The van der Waals surface area contributed by atoms with Gasteiger partial charge in [0.25, 0.3) is 5.78 Å². The molecule has 1 aliphatic heterocycles. The van der Waals surface area contributed by atoms with Gasteiger partial charge in [0.1, 0.15) is 16.5 Å². The SMILES string of the molecule is CCOc1ccc(C(O)=C2C(=O)C(=O)N(c3nnc(C)s3)C2c2ccccc2)cc1. The number of benzene rings is 2. The summed E-state index contributed by atoms with van der Waals surface area (Å²) in [7, 11) is 0. The summed E-state index contributed by atoms with van der Waals surface area (Å²) in [6, 6.07) is 15.0. The molecule has 0 radical (unpaired) electrons. The molecule has 1 saturated heterocycles. The molecular formula is C22H19N3O4S. The van der Waals surface area contributed by atoms with Crippen LogP contribution in [-0.2, 0) is 9.59 Å². The van der Waals surface area contributed by atoms with Crippen LogP contribution >= 0.6 is 11.3 Å². The zero-order chi connectivity index (χ0) is 21.3. The van der Waals surface area contributed by atoms with Crippen molar-refractivity contribution in [3.05, 3.63) is 76.3 Å². The second kappa shape index (κ2) is 8.08. The lowest BCUT2D eigenvalue weighted by Crippen LogP contribution is -2.29. The summed E-state index contributed by atoms with van der Waals surface area (Å²) in [6.07, 6.45) is 0. The van der Waals surface area contributed by atoms with E-state index in [1.54, 1.807) is 31.2 Å². The van der Waals surface area contributed by atoms with Gasteiger partial charge in [-0.25, -0.2) is 0 Å². The quantitative estimate of drug-likeness (QED) is 0.382. The van der Waals surface area contributed by atoms with Crippen LogP contribution in [0, 0.1) is 6.92 Å². The predicted molar refractivity (Wildman–Crippen MR) is 113 cm³/mol. The molecule has 1 aromatic heterocycles. The van der Waals surface area contributed by atoms with E-state index < -0.39 is 17.7 Å². The van der Waals surface area contributed by atoms with Crippen LogP contribution in [0.25, 0.3) is 5.76 Å². The molecule has 0 saturated carbocycles. The number of aliphatic hydroxyl groups excluding tert-OH is 1. The zero-order valence-electron chi connectivity index (χ0n) is 16.4. The Kier molecular flexibility index (Phi) is 5.33. The fraction of sp³-hybridized carbons (Fsp3) is 0.182. The smallest absolute Gasteiger partial charge is 0.301 e. The van der Waals surface area contributed by atoms with Gasteiger partial charge in [-0.2, -0.15) is 0 Å². The van der Waals surface area contributed by atoms with Gasteiger partial charge in [-0.15, -0.1) is 10.2 Å². The van der Waals surface area contributed by atoms with Gasteiger partial charge in [-0.3, -0.25) is 14.5 Å². The number of hydrogen-bond acceptors (Lipinski definition) is 7. The van der Waals surface area contributed by atoms with E-state index in [0.717, 1.165) is 0 Å². The minimum absolute atomic E-state index is 0.0169. The lowest BCUT2D eigenvalue weighted by atomic mass is 9.95. The number of aliphatic hydroxyl groups is 1. The first-order valence-electron chi connectivity index (χ1n) is 9.40. The molecule has 0 spiro atoms. The van der Waals surface area contributed by atoms with Crippen molar-refractivity contribution in [3.63, 3.8) is 0 Å². The Morgan fingerprint density at radius 3 is 2.40 bits per heavy atom. The van der Waals surface area contributed by atoms with Gasteiger partial charge < -0.3 is 9.84 Å². The van der Waals surface area contributed by atoms with E-state index in [1.165, 1.54) is 16.2 Å². The van der Waals surface area contributed by atoms with Crippen LogP contribution < -0.4 is 9.64 Å². The van der Waals surface area contributed by atoms with Crippen molar-refractivity contribution >= 4 is 33.9 Å². The average Bonchev–Trinajstić information content (AvgIpc) is 3.30. The maximum absolute atomic E-state index is 13.0. The first kappa shape index (κ1) is 19.8. The van der Waals surface area contributed by atoms with Crippen LogP contribution in [0.3, 0.4) is 0 Å². The Bertz CT molecular complexity index is 1120. The van der Waals surface area contributed by atoms with Crippen molar-refractivity contribution in [1.82, 2.24) is 10.2 Å². The van der Waals surface area contributed by atoms with E-state index in [1.807, 2.05) is 37.3 Å². The fourth-order valence-electron chi connectivity index (χ4n) is 3.40. The molecule has 1 atom stereocenters. The Balaban J connectivity index is 1.87. The summed E-state index contributed by atoms with van der Waals surface area (Å²) in [6.45, 7) is 4.17. The number of aryl methyl sites for hydroxylation is 1. The summed E-state index contributed by atoms with van der Waals surface area (Å²) in [5.41, 5.74) is 1.13. The van der Waals surface area contributed by atoms with Gasteiger partial charge in [0.2, 0.25) is 5.13 Å². The number of Topliss-reactive ketones (excluding diaryl/α,β-unsaturated/α-hetero) is 1. The number of amides is 1. The molecule has 1 fully saturated rings. The molecule has 1 aliphatic rings. The number of rotatable bonds is 5. The number of carbonyl (C=O) groups excluding carboxylic acids is 2. The van der Waals surface area contributed by atoms with E-state index in [9.17, 15) is 14.7 Å². The van der Waals surface area contributed by atoms with Crippen LogP contribution in [0.4, 0.5) is 5.13 Å². The number of anilines is 1. The van der Waals surface area contributed by atoms with E-state index in [-0.39, 0.29) is 11.3 Å². The van der Waals surface area contributed by atoms with Crippen LogP contribution in [-0.4, -0.2) is 33.6 Å². The molecule has 4 rings (SSSR count). The molecule has 8 heteroatoms. The topological polar surface area (TPSA) is 92.6 Å². The number of hydrogen-bond donors (Lipinski definition) is 1. The van der Waals surface area contributed by atoms with Crippen molar-refractivity contribution in [1.29, 1.82) is 0 Å². The van der Waals surface area contributed by atoms with Gasteiger partial charge in [-0.05, 0) is 43.7 Å². The van der Waals surface area contributed by atoms with Gasteiger partial charge in [0, 0.05) is 5.56 Å². The summed E-state index contributed by atoms with van der Waals surface area (Å²) >= 11 is 1.22. The average molecular weight is 421 g/mol. The van der Waals surface area contributed by atoms with E-state index in [0.29, 0.717) is 33.6 Å². The van der Waals surface area contributed by atoms with Gasteiger partial charge in [-0.1, -0.05) is 41.7 Å². The second-order valence-corrected chi connectivity index (χ2v) is 7.80. The number of ketones is 1. The van der Waals surface area contributed by atoms with E-state index >= 15 is 0 Å². The normalized spacial score (nSPS) is 18.1. The van der Waals surface area contributed by atoms with E-state index in [4.69, 9.17) is 4.74 Å². The summed E-state index contributed by atoms with van der Waals surface area (Å²) in [5.74, 6) is -1.09. The third kappa shape index (κ3) is 3.46. The Morgan fingerprint density at radius 1 is 1.10 bits per heavy atom.